The highest BCUT2D eigenvalue weighted by atomic mass is 16.5. The fourth-order valence-corrected chi connectivity index (χ4v) is 7.67. The molecule has 0 spiro atoms. The Hall–Kier alpha value is -3.82. The van der Waals surface area contributed by atoms with Gasteiger partial charge in [-0.3, -0.25) is 0 Å². The van der Waals surface area contributed by atoms with Gasteiger partial charge in [0.1, 0.15) is 22.6 Å². The second-order valence-electron chi connectivity index (χ2n) is 14.8. The molecule has 0 aromatic heterocycles. The molecule has 0 heterocycles. The highest BCUT2D eigenvalue weighted by molar-refractivity contribution is 5.96. The molecule has 46 heavy (non-hydrogen) atoms. The summed E-state index contributed by atoms with van der Waals surface area (Å²) in [6, 6.07) is 7.53. The molecule has 0 aliphatic heterocycles. The molecule has 0 amide bonds. The van der Waals surface area contributed by atoms with Gasteiger partial charge in [-0.1, -0.05) is 41.5 Å². The smallest absolute Gasteiger partial charge is 0.341 e. The van der Waals surface area contributed by atoms with E-state index in [9.17, 15) is 9.59 Å². The van der Waals surface area contributed by atoms with Crippen molar-refractivity contribution in [3.8, 4) is 11.5 Å². The molecule has 2 aromatic carbocycles. The maximum atomic E-state index is 11.8. The van der Waals surface area contributed by atoms with Crippen LogP contribution in [-0.2, 0) is 9.47 Å². The van der Waals surface area contributed by atoms with Crippen LogP contribution in [0.1, 0.15) is 101 Å². The van der Waals surface area contributed by atoms with Crippen molar-refractivity contribution in [1.29, 1.82) is 0 Å². The van der Waals surface area contributed by atoms with Crippen LogP contribution in [0.25, 0.3) is 0 Å². The third-order valence-corrected chi connectivity index (χ3v) is 9.05. The third kappa shape index (κ3) is 9.59. The van der Waals surface area contributed by atoms with E-state index in [-0.39, 0.29) is 0 Å². The van der Waals surface area contributed by atoms with Crippen molar-refractivity contribution in [2.45, 2.75) is 92.2 Å². The number of methoxy groups -OCH3 is 4. The molecular formula is C36H56N4O6. The number of rotatable bonds is 8. The molecule has 0 bridgehead atoms. The Balaban J connectivity index is 0.000000250. The maximum Gasteiger partial charge on any atom is 0.341 e. The van der Waals surface area contributed by atoms with Gasteiger partial charge in [0, 0.05) is 24.2 Å². The lowest BCUT2D eigenvalue weighted by molar-refractivity contribution is 0.0588. The second kappa shape index (κ2) is 15.2. The first-order valence-electron chi connectivity index (χ1n) is 16.2. The predicted molar refractivity (Wildman–Crippen MR) is 186 cm³/mol. The standard InChI is InChI=1S/2C18H28N2O3/c2*1-11-6-12(10-18(2,3)9-11)20-15-8-16(22-4)13(7-14(15)19)17(21)23-5/h2*7-8,11-12,20H,6,9-10,19H2,1-5H3/t2*11-,12+/m10/s1. The molecule has 0 radical (unpaired) electrons. The van der Waals surface area contributed by atoms with Crippen molar-refractivity contribution in [2.24, 2.45) is 22.7 Å². The second-order valence-corrected chi connectivity index (χ2v) is 14.8. The first kappa shape index (κ1) is 36.6. The Morgan fingerprint density at radius 2 is 1.00 bits per heavy atom. The minimum Gasteiger partial charge on any atom is -0.496 e. The molecule has 4 atom stereocenters. The Labute approximate surface area is 275 Å². The molecule has 10 heteroatoms. The first-order valence-corrected chi connectivity index (χ1v) is 16.2. The molecule has 0 unspecified atom stereocenters. The van der Waals surface area contributed by atoms with Crippen LogP contribution in [0.2, 0.25) is 0 Å². The van der Waals surface area contributed by atoms with Gasteiger partial charge in [0.15, 0.2) is 0 Å². The number of nitrogens with two attached hydrogens (primary N) is 2. The van der Waals surface area contributed by atoms with Crippen LogP contribution in [0.3, 0.4) is 0 Å². The van der Waals surface area contributed by atoms with Crippen molar-refractivity contribution in [1.82, 2.24) is 0 Å². The van der Waals surface area contributed by atoms with E-state index in [0.717, 1.165) is 37.1 Å². The first-order chi connectivity index (χ1) is 21.5. The summed E-state index contributed by atoms with van der Waals surface area (Å²) in [6.07, 6.45) is 6.90. The summed E-state index contributed by atoms with van der Waals surface area (Å²) in [7, 11) is 5.76. The van der Waals surface area contributed by atoms with Gasteiger partial charge < -0.3 is 41.0 Å². The van der Waals surface area contributed by atoms with Gasteiger partial charge in [-0.2, -0.15) is 0 Å². The van der Waals surface area contributed by atoms with Crippen molar-refractivity contribution < 1.29 is 28.5 Å². The van der Waals surface area contributed by atoms with E-state index < -0.39 is 11.9 Å². The molecule has 2 aromatic rings. The molecule has 6 N–H and O–H groups in total. The Kier molecular flexibility index (Phi) is 12.1. The number of hydrogen-bond acceptors (Lipinski definition) is 10. The predicted octanol–water partition coefficient (Wildman–Crippen LogP) is 7.38. The topological polar surface area (TPSA) is 147 Å². The average molecular weight is 641 g/mol. The van der Waals surface area contributed by atoms with Crippen LogP contribution in [0.15, 0.2) is 24.3 Å². The maximum absolute atomic E-state index is 11.8. The Morgan fingerprint density at radius 3 is 1.28 bits per heavy atom. The SMILES string of the molecule is COC(=O)c1cc(N)c(N[C@@H]2C[C@H](C)CC(C)(C)C2)cc1OC.COC(=O)c1cc(N)c(N[C@H]2C[C@@H](C)CC(C)(C)C2)cc1OC. The van der Waals surface area contributed by atoms with Crippen LogP contribution in [0, 0.1) is 22.7 Å². The lowest BCUT2D eigenvalue weighted by atomic mass is 9.70. The van der Waals surface area contributed by atoms with E-state index >= 15 is 0 Å². The molecule has 2 aliphatic carbocycles. The molecule has 256 valence electrons. The fraction of sp³-hybridized carbons (Fsp3) is 0.611. The summed E-state index contributed by atoms with van der Waals surface area (Å²) in [6.45, 7) is 13.8. The lowest BCUT2D eigenvalue weighted by Gasteiger charge is -2.39. The van der Waals surface area contributed by atoms with Crippen LogP contribution in [0.4, 0.5) is 22.7 Å². The van der Waals surface area contributed by atoms with E-state index in [1.807, 2.05) is 0 Å². The summed E-state index contributed by atoms with van der Waals surface area (Å²) >= 11 is 0. The van der Waals surface area contributed by atoms with E-state index in [2.05, 4.69) is 52.2 Å². The van der Waals surface area contributed by atoms with Crippen LogP contribution in [0.5, 0.6) is 11.5 Å². The van der Waals surface area contributed by atoms with Gasteiger partial charge in [-0.05, 0) is 73.3 Å². The van der Waals surface area contributed by atoms with Crippen molar-refractivity contribution in [3.63, 3.8) is 0 Å². The average Bonchev–Trinajstić information content (AvgIpc) is 2.96. The van der Waals surface area contributed by atoms with Gasteiger partial charge in [0.05, 0.1) is 51.2 Å². The third-order valence-electron chi connectivity index (χ3n) is 9.05. The van der Waals surface area contributed by atoms with E-state index in [1.54, 1.807) is 24.3 Å². The number of nitrogens with one attached hydrogen (secondary N) is 2. The van der Waals surface area contributed by atoms with Gasteiger partial charge in [0.2, 0.25) is 0 Å². The van der Waals surface area contributed by atoms with Gasteiger partial charge in [-0.25, -0.2) is 9.59 Å². The summed E-state index contributed by atoms with van der Waals surface area (Å²) in [5.74, 6) is 1.39. The lowest BCUT2D eigenvalue weighted by Crippen LogP contribution is -2.35. The van der Waals surface area contributed by atoms with Crippen LogP contribution < -0.4 is 31.6 Å². The fourth-order valence-electron chi connectivity index (χ4n) is 7.67. The van der Waals surface area contributed by atoms with E-state index in [4.69, 9.17) is 30.4 Å². The minimum absolute atomic E-state index is 0.320. The van der Waals surface area contributed by atoms with Crippen molar-refractivity contribution in [3.05, 3.63) is 35.4 Å². The molecular weight excluding hydrogens is 584 g/mol. The number of carbonyl (C=O) groups is 2. The Bertz CT molecular complexity index is 1270. The molecule has 0 saturated heterocycles. The van der Waals surface area contributed by atoms with Crippen LogP contribution >= 0.6 is 0 Å². The van der Waals surface area contributed by atoms with Gasteiger partial charge in [-0.15, -0.1) is 0 Å². The van der Waals surface area contributed by atoms with Crippen molar-refractivity contribution >= 4 is 34.7 Å². The number of esters is 2. The number of nitrogen functional groups attached to an aromatic ring is 2. The van der Waals surface area contributed by atoms with Gasteiger partial charge >= 0.3 is 11.9 Å². The summed E-state index contributed by atoms with van der Waals surface area (Å²) in [4.78, 5) is 23.6. The highest BCUT2D eigenvalue weighted by Gasteiger charge is 2.33. The quantitative estimate of drug-likeness (QED) is 0.170. The molecule has 10 nitrogen and oxygen atoms in total. The minimum atomic E-state index is -0.451. The zero-order valence-electron chi connectivity index (χ0n) is 29.5. The molecule has 2 aliphatic rings. The summed E-state index contributed by atoms with van der Waals surface area (Å²) < 4.78 is 20.2. The van der Waals surface area contributed by atoms with Gasteiger partial charge in [0.25, 0.3) is 0 Å². The molecule has 4 rings (SSSR count). The van der Waals surface area contributed by atoms with Crippen molar-refractivity contribution in [2.75, 3.05) is 50.5 Å². The number of ether oxygens (including phenoxy) is 4. The molecule has 2 saturated carbocycles. The van der Waals surface area contributed by atoms with E-state index in [1.165, 1.54) is 41.3 Å². The zero-order valence-corrected chi connectivity index (χ0v) is 29.5. The summed E-state index contributed by atoms with van der Waals surface area (Å²) in [5.41, 5.74) is 16.3. The zero-order chi connectivity index (χ0) is 34.4. The number of hydrogen-bond donors (Lipinski definition) is 4. The number of carbonyl (C=O) groups excluding carboxylic acids is 2. The normalized spacial score (nSPS) is 23.2. The highest BCUT2D eigenvalue weighted by Crippen LogP contribution is 2.42. The Morgan fingerprint density at radius 1 is 0.652 bits per heavy atom. The van der Waals surface area contributed by atoms with E-state index in [0.29, 0.717) is 68.8 Å². The largest absolute Gasteiger partial charge is 0.496 e. The summed E-state index contributed by atoms with van der Waals surface area (Å²) in [5, 5.41) is 7.07. The molecule has 2 fully saturated rings. The number of anilines is 4. The number of benzene rings is 2. The monoisotopic (exact) mass is 640 g/mol. The van der Waals surface area contributed by atoms with Crippen LogP contribution in [-0.4, -0.2) is 52.5 Å².